The highest BCUT2D eigenvalue weighted by molar-refractivity contribution is 5.53. The molecule has 0 aliphatic carbocycles. The van der Waals surface area contributed by atoms with Crippen LogP contribution in [0.1, 0.15) is 40.5 Å². The van der Waals surface area contributed by atoms with Crippen molar-refractivity contribution >= 4 is 6.29 Å². The van der Waals surface area contributed by atoms with Crippen LogP contribution in [0, 0.1) is 11.8 Å². The Morgan fingerprint density at radius 1 is 1.33 bits per heavy atom. The summed E-state index contributed by atoms with van der Waals surface area (Å²) in [5.74, 6) is 0.716. The molecule has 0 saturated heterocycles. The van der Waals surface area contributed by atoms with Gasteiger partial charge in [-0.05, 0) is 32.6 Å². The monoisotopic (exact) mass is 168 g/mol. The van der Waals surface area contributed by atoms with Crippen LogP contribution in [-0.2, 0) is 4.79 Å². The zero-order valence-electron chi connectivity index (χ0n) is 8.63. The fourth-order valence-electron chi connectivity index (χ4n) is 1.03. The Bertz CT molecular complexity index is 154. The van der Waals surface area contributed by atoms with E-state index in [0.29, 0.717) is 5.92 Å². The molecule has 0 aromatic rings. The van der Waals surface area contributed by atoms with E-state index in [9.17, 15) is 4.79 Å². The fraction of sp³-hybridized carbons (Fsp3) is 0.727. The second-order valence-electron chi connectivity index (χ2n) is 3.83. The van der Waals surface area contributed by atoms with E-state index in [2.05, 4.69) is 26.8 Å². The van der Waals surface area contributed by atoms with Gasteiger partial charge in [0.05, 0.1) is 0 Å². The largest absolute Gasteiger partial charge is 0.303 e. The first kappa shape index (κ1) is 11.4. The van der Waals surface area contributed by atoms with Gasteiger partial charge in [-0.1, -0.05) is 25.5 Å². The van der Waals surface area contributed by atoms with Crippen molar-refractivity contribution in [3.63, 3.8) is 0 Å². The molecule has 2 atom stereocenters. The third-order valence-corrected chi connectivity index (χ3v) is 2.29. The summed E-state index contributed by atoms with van der Waals surface area (Å²) in [4.78, 5) is 10.4. The molecule has 0 N–H and O–H groups in total. The lowest BCUT2D eigenvalue weighted by atomic mass is 9.92. The summed E-state index contributed by atoms with van der Waals surface area (Å²) in [6.45, 7) is 8.33. The molecule has 0 aliphatic heterocycles. The van der Waals surface area contributed by atoms with Gasteiger partial charge in [0.25, 0.3) is 0 Å². The SMILES string of the molecule is CC(C)=CCC[C@@H](C)C(C)C=O. The molecule has 12 heavy (non-hydrogen) atoms. The van der Waals surface area contributed by atoms with Gasteiger partial charge in [-0.3, -0.25) is 0 Å². The predicted octanol–water partition coefficient (Wildman–Crippen LogP) is 3.20. The summed E-state index contributed by atoms with van der Waals surface area (Å²) in [7, 11) is 0. The highest BCUT2D eigenvalue weighted by Gasteiger charge is 2.09. The van der Waals surface area contributed by atoms with E-state index in [1.807, 2.05) is 6.92 Å². The van der Waals surface area contributed by atoms with Crippen LogP contribution in [0.25, 0.3) is 0 Å². The van der Waals surface area contributed by atoms with Crippen molar-refractivity contribution in [3.8, 4) is 0 Å². The van der Waals surface area contributed by atoms with Crippen LogP contribution in [-0.4, -0.2) is 6.29 Å². The quantitative estimate of drug-likeness (QED) is 0.455. The minimum absolute atomic E-state index is 0.204. The standard InChI is InChI=1S/C11H20O/c1-9(2)6-5-7-10(3)11(4)8-12/h6,8,10-11H,5,7H2,1-4H3/t10-,11?/m1/s1. The first-order valence-electron chi connectivity index (χ1n) is 4.66. The van der Waals surface area contributed by atoms with Gasteiger partial charge in [-0.2, -0.15) is 0 Å². The van der Waals surface area contributed by atoms with Gasteiger partial charge in [0.2, 0.25) is 0 Å². The lowest BCUT2D eigenvalue weighted by Gasteiger charge is -2.12. The minimum Gasteiger partial charge on any atom is -0.303 e. The molecule has 0 fully saturated rings. The number of carbonyl (C=O) groups excluding carboxylic acids is 1. The van der Waals surface area contributed by atoms with E-state index in [4.69, 9.17) is 0 Å². The number of aldehydes is 1. The average Bonchev–Trinajstić information content (AvgIpc) is 2.02. The van der Waals surface area contributed by atoms with Gasteiger partial charge >= 0.3 is 0 Å². The highest BCUT2D eigenvalue weighted by Crippen LogP contribution is 2.15. The summed E-state index contributed by atoms with van der Waals surface area (Å²) in [6, 6.07) is 0. The number of hydrogen-bond acceptors (Lipinski definition) is 1. The summed E-state index contributed by atoms with van der Waals surface area (Å²) >= 11 is 0. The minimum atomic E-state index is 0.204. The predicted molar refractivity (Wildman–Crippen MR) is 53.1 cm³/mol. The molecular formula is C11H20O. The molecule has 1 heteroatoms. The van der Waals surface area contributed by atoms with E-state index >= 15 is 0 Å². The topological polar surface area (TPSA) is 17.1 Å². The molecule has 0 aliphatic rings. The molecule has 0 bridgehead atoms. The van der Waals surface area contributed by atoms with Crippen LogP contribution in [0.4, 0.5) is 0 Å². The summed E-state index contributed by atoms with van der Waals surface area (Å²) < 4.78 is 0. The third kappa shape index (κ3) is 5.11. The lowest BCUT2D eigenvalue weighted by molar-refractivity contribution is -0.111. The third-order valence-electron chi connectivity index (χ3n) is 2.29. The van der Waals surface area contributed by atoms with Crippen molar-refractivity contribution < 1.29 is 4.79 Å². The van der Waals surface area contributed by atoms with Crippen molar-refractivity contribution in [1.29, 1.82) is 0 Å². The fourth-order valence-corrected chi connectivity index (χ4v) is 1.03. The molecule has 1 nitrogen and oxygen atoms in total. The number of hydrogen-bond donors (Lipinski definition) is 0. The Morgan fingerprint density at radius 2 is 1.92 bits per heavy atom. The first-order valence-corrected chi connectivity index (χ1v) is 4.66. The van der Waals surface area contributed by atoms with Crippen molar-refractivity contribution in [2.24, 2.45) is 11.8 Å². The van der Waals surface area contributed by atoms with Crippen LogP contribution in [0.2, 0.25) is 0 Å². The van der Waals surface area contributed by atoms with E-state index in [1.165, 1.54) is 5.57 Å². The van der Waals surface area contributed by atoms with E-state index in [1.54, 1.807) is 0 Å². The molecule has 0 saturated carbocycles. The Labute approximate surface area is 75.9 Å². The highest BCUT2D eigenvalue weighted by atomic mass is 16.1. The molecule has 0 heterocycles. The molecule has 0 amide bonds. The second kappa shape index (κ2) is 5.99. The lowest BCUT2D eigenvalue weighted by Crippen LogP contribution is -2.08. The number of rotatable bonds is 5. The van der Waals surface area contributed by atoms with Gasteiger partial charge in [0, 0.05) is 5.92 Å². The molecule has 70 valence electrons. The Balaban J connectivity index is 3.63. The van der Waals surface area contributed by atoms with Crippen LogP contribution < -0.4 is 0 Å². The Kier molecular flexibility index (Phi) is 5.69. The van der Waals surface area contributed by atoms with Gasteiger partial charge < -0.3 is 4.79 Å². The maximum atomic E-state index is 10.4. The van der Waals surface area contributed by atoms with Crippen LogP contribution in [0.3, 0.4) is 0 Å². The molecule has 0 rings (SSSR count). The maximum Gasteiger partial charge on any atom is 0.123 e. The second-order valence-corrected chi connectivity index (χ2v) is 3.83. The van der Waals surface area contributed by atoms with Gasteiger partial charge in [-0.25, -0.2) is 0 Å². The summed E-state index contributed by atoms with van der Waals surface area (Å²) in [5, 5.41) is 0. The summed E-state index contributed by atoms with van der Waals surface area (Å²) in [5.41, 5.74) is 1.36. The molecule has 0 aromatic heterocycles. The van der Waals surface area contributed by atoms with Crippen LogP contribution in [0.15, 0.2) is 11.6 Å². The smallest absolute Gasteiger partial charge is 0.123 e. The van der Waals surface area contributed by atoms with Crippen LogP contribution >= 0.6 is 0 Å². The first-order chi connectivity index (χ1) is 5.57. The van der Waals surface area contributed by atoms with Crippen molar-refractivity contribution in [2.75, 3.05) is 0 Å². The summed E-state index contributed by atoms with van der Waals surface area (Å²) in [6.07, 6.45) is 5.49. The molecule has 0 spiro atoms. The zero-order chi connectivity index (χ0) is 9.56. The normalized spacial score (nSPS) is 15.0. The van der Waals surface area contributed by atoms with E-state index < -0.39 is 0 Å². The maximum absolute atomic E-state index is 10.4. The van der Waals surface area contributed by atoms with Gasteiger partial charge in [-0.15, -0.1) is 0 Å². The molecular weight excluding hydrogens is 148 g/mol. The van der Waals surface area contributed by atoms with Crippen molar-refractivity contribution in [2.45, 2.75) is 40.5 Å². The Morgan fingerprint density at radius 3 is 2.33 bits per heavy atom. The molecule has 0 aromatic carbocycles. The average molecular weight is 168 g/mol. The van der Waals surface area contributed by atoms with E-state index in [0.717, 1.165) is 19.1 Å². The van der Waals surface area contributed by atoms with E-state index in [-0.39, 0.29) is 5.92 Å². The van der Waals surface area contributed by atoms with Crippen LogP contribution in [0.5, 0.6) is 0 Å². The van der Waals surface area contributed by atoms with Crippen molar-refractivity contribution in [3.05, 3.63) is 11.6 Å². The number of allylic oxidation sites excluding steroid dienone is 2. The zero-order valence-corrected chi connectivity index (χ0v) is 8.63. The van der Waals surface area contributed by atoms with Gasteiger partial charge in [0.1, 0.15) is 6.29 Å². The van der Waals surface area contributed by atoms with Gasteiger partial charge in [0.15, 0.2) is 0 Å². The van der Waals surface area contributed by atoms with Crippen molar-refractivity contribution in [1.82, 2.24) is 0 Å². The Hall–Kier alpha value is -0.590. The molecule has 1 unspecified atom stereocenters. The molecule has 0 radical (unpaired) electrons. The number of carbonyl (C=O) groups is 1.